The Morgan fingerprint density at radius 3 is 2.26 bits per heavy atom. The average Bonchev–Trinajstić information content (AvgIpc) is 3.03. The van der Waals surface area contributed by atoms with Crippen LogP contribution in [0.5, 0.6) is 11.5 Å². The number of carbonyl (C=O) groups is 3. The highest BCUT2D eigenvalue weighted by Gasteiger charge is 2.37. The van der Waals surface area contributed by atoms with Crippen molar-refractivity contribution >= 4 is 52.0 Å². The zero-order chi connectivity index (χ0) is 29.8. The monoisotopic (exact) mass is 588 g/mol. The number of nitrogens with one attached hydrogen (secondary N) is 1. The van der Waals surface area contributed by atoms with E-state index in [0.29, 0.717) is 41.0 Å². The van der Waals surface area contributed by atoms with Crippen LogP contribution in [-0.4, -0.2) is 17.8 Å². The lowest BCUT2D eigenvalue weighted by Gasteiger charge is -2.26. The van der Waals surface area contributed by atoms with Crippen LogP contribution in [0.2, 0.25) is 5.02 Å². The van der Waals surface area contributed by atoms with Gasteiger partial charge in [-0.1, -0.05) is 84.4 Å². The van der Waals surface area contributed by atoms with Crippen molar-refractivity contribution in [2.75, 3.05) is 4.90 Å². The molecule has 1 saturated heterocycles. The van der Waals surface area contributed by atoms with Gasteiger partial charge in [0.05, 0.1) is 5.69 Å². The first kappa shape index (κ1) is 27.8. The number of para-hydroxylation sites is 1. The zero-order valence-corrected chi connectivity index (χ0v) is 23.6. The van der Waals surface area contributed by atoms with E-state index >= 15 is 0 Å². The molecule has 1 N–H and O–H groups in total. The summed E-state index contributed by atoms with van der Waals surface area (Å²) in [4.78, 5) is 40.0. The molecule has 5 aromatic carbocycles. The van der Waals surface area contributed by atoms with Crippen molar-refractivity contribution in [1.29, 1.82) is 0 Å². The number of amides is 4. The lowest BCUT2D eigenvalue weighted by atomic mass is 10.0. The molecule has 43 heavy (non-hydrogen) atoms. The van der Waals surface area contributed by atoms with Gasteiger partial charge in [0, 0.05) is 10.6 Å². The predicted octanol–water partition coefficient (Wildman–Crippen LogP) is 7.32. The highest BCUT2D eigenvalue weighted by Crippen LogP contribution is 2.28. The summed E-state index contributed by atoms with van der Waals surface area (Å²) >= 11 is 5.93. The molecule has 7 nitrogen and oxygen atoms in total. The number of imide groups is 2. The summed E-state index contributed by atoms with van der Waals surface area (Å²) in [6, 6.07) is 34.1. The van der Waals surface area contributed by atoms with Crippen LogP contribution in [0.3, 0.4) is 0 Å². The van der Waals surface area contributed by atoms with Gasteiger partial charge in [0.15, 0.2) is 0 Å². The summed E-state index contributed by atoms with van der Waals surface area (Å²) in [5.74, 6) is -0.479. The van der Waals surface area contributed by atoms with E-state index in [4.69, 9.17) is 21.1 Å². The van der Waals surface area contributed by atoms with Gasteiger partial charge in [-0.3, -0.25) is 14.9 Å². The van der Waals surface area contributed by atoms with Crippen LogP contribution in [-0.2, 0) is 22.8 Å². The van der Waals surface area contributed by atoms with Crippen molar-refractivity contribution in [2.24, 2.45) is 0 Å². The summed E-state index contributed by atoms with van der Waals surface area (Å²) in [6.45, 7) is 0.613. The zero-order valence-electron chi connectivity index (χ0n) is 22.8. The van der Waals surface area contributed by atoms with Crippen molar-refractivity contribution < 1.29 is 23.9 Å². The Hall–Kier alpha value is -5.40. The number of hydrogen-bond donors (Lipinski definition) is 1. The van der Waals surface area contributed by atoms with Crippen LogP contribution in [0.15, 0.2) is 121 Å². The van der Waals surface area contributed by atoms with Gasteiger partial charge in [0.2, 0.25) is 0 Å². The maximum absolute atomic E-state index is 13.5. The van der Waals surface area contributed by atoms with Crippen molar-refractivity contribution in [1.82, 2.24) is 5.32 Å². The van der Waals surface area contributed by atoms with Crippen molar-refractivity contribution in [3.63, 3.8) is 0 Å². The van der Waals surface area contributed by atoms with Crippen LogP contribution >= 0.6 is 11.6 Å². The molecule has 0 radical (unpaired) electrons. The third-order valence-electron chi connectivity index (χ3n) is 7.00. The summed E-state index contributed by atoms with van der Waals surface area (Å²) in [6.07, 6.45) is 1.44. The topological polar surface area (TPSA) is 84.9 Å². The lowest BCUT2D eigenvalue weighted by molar-refractivity contribution is -0.122. The Balaban J connectivity index is 1.20. The SMILES string of the molecule is O=C1NC(=O)N(c2ccc(OCc3ccc(Cl)cc3)cc2)C(=O)/C1=C/c1ccccc1OCc1cccc2ccccc12. The molecule has 6 rings (SSSR count). The maximum atomic E-state index is 13.5. The molecule has 0 aliphatic carbocycles. The number of ether oxygens (including phenoxy) is 2. The van der Waals surface area contributed by atoms with E-state index in [0.717, 1.165) is 26.8 Å². The van der Waals surface area contributed by atoms with Crippen LogP contribution in [0.4, 0.5) is 10.5 Å². The number of carbonyl (C=O) groups excluding carboxylic acids is 3. The fourth-order valence-corrected chi connectivity index (χ4v) is 4.92. The number of nitrogens with zero attached hydrogens (tertiary/aromatic N) is 1. The molecule has 212 valence electrons. The molecule has 0 atom stereocenters. The Morgan fingerprint density at radius 2 is 1.44 bits per heavy atom. The minimum absolute atomic E-state index is 0.191. The Morgan fingerprint density at radius 1 is 0.721 bits per heavy atom. The Labute approximate surface area is 252 Å². The van der Waals surface area contributed by atoms with Gasteiger partial charge in [0.25, 0.3) is 11.8 Å². The second-order valence-electron chi connectivity index (χ2n) is 9.83. The van der Waals surface area contributed by atoms with E-state index in [-0.39, 0.29) is 5.57 Å². The molecular weight excluding hydrogens is 564 g/mol. The summed E-state index contributed by atoms with van der Waals surface area (Å²) in [7, 11) is 0. The molecule has 1 fully saturated rings. The first-order chi connectivity index (χ1) is 21.0. The molecule has 1 aliphatic heterocycles. The molecule has 8 heteroatoms. The number of rotatable bonds is 8. The fraction of sp³-hybridized carbons (Fsp3) is 0.0571. The highest BCUT2D eigenvalue weighted by molar-refractivity contribution is 6.39. The van der Waals surface area contributed by atoms with Gasteiger partial charge < -0.3 is 9.47 Å². The Kier molecular flexibility index (Phi) is 7.89. The first-order valence-corrected chi connectivity index (χ1v) is 13.9. The molecule has 0 saturated carbocycles. The number of barbiturate groups is 1. The number of anilines is 1. The first-order valence-electron chi connectivity index (χ1n) is 13.5. The maximum Gasteiger partial charge on any atom is 0.335 e. The fourth-order valence-electron chi connectivity index (χ4n) is 4.79. The van der Waals surface area contributed by atoms with E-state index in [1.165, 1.54) is 6.08 Å². The highest BCUT2D eigenvalue weighted by atomic mass is 35.5. The molecule has 0 spiro atoms. The molecule has 0 aromatic heterocycles. The van der Waals surface area contributed by atoms with E-state index in [9.17, 15) is 14.4 Å². The second-order valence-corrected chi connectivity index (χ2v) is 10.3. The number of fused-ring (bicyclic) bond motifs is 1. The minimum atomic E-state index is -0.831. The van der Waals surface area contributed by atoms with Gasteiger partial charge in [-0.25, -0.2) is 9.69 Å². The molecule has 4 amide bonds. The predicted molar refractivity (Wildman–Crippen MR) is 166 cm³/mol. The average molecular weight is 589 g/mol. The summed E-state index contributed by atoms with van der Waals surface area (Å²) in [5.41, 5.74) is 2.57. The lowest BCUT2D eigenvalue weighted by Crippen LogP contribution is -2.54. The standard InChI is InChI=1S/C35H25ClN2O5/c36-27-14-12-23(13-15-27)21-42-29-18-16-28(17-19-29)38-34(40)31(33(39)37-35(38)41)20-25-7-2-4-11-32(25)43-22-26-9-5-8-24-6-1-3-10-30(24)26/h1-20H,21-22H2,(H,37,39,41)/b31-20+. The Bertz CT molecular complexity index is 1860. The van der Waals surface area contributed by atoms with Crippen molar-refractivity contribution in [3.05, 3.63) is 143 Å². The summed E-state index contributed by atoms with van der Waals surface area (Å²) < 4.78 is 12.0. The number of hydrogen-bond acceptors (Lipinski definition) is 5. The quantitative estimate of drug-likeness (QED) is 0.152. The third-order valence-corrected chi connectivity index (χ3v) is 7.25. The van der Waals surface area contributed by atoms with Crippen LogP contribution in [0.25, 0.3) is 16.8 Å². The van der Waals surface area contributed by atoms with E-state index in [1.54, 1.807) is 54.6 Å². The summed E-state index contributed by atoms with van der Waals surface area (Å²) in [5, 5.41) is 5.10. The molecule has 0 bridgehead atoms. The van der Waals surface area contributed by atoms with Gasteiger partial charge >= 0.3 is 6.03 Å². The largest absolute Gasteiger partial charge is 0.489 e. The molecule has 1 aliphatic rings. The van der Waals surface area contributed by atoms with Gasteiger partial charge in [-0.15, -0.1) is 0 Å². The van der Waals surface area contributed by atoms with Crippen LogP contribution < -0.4 is 19.7 Å². The number of urea groups is 1. The van der Waals surface area contributed by atoms with Gasteiger partial charge in [-0.05, 0) is 70.4 Å². The molecule has 0 unspecified atom stereocenters. The van der Waals surface area contributed by atoms with Crippen LogP contribution in [0, 0.1) is 0 Å². The van der Waals surface area contributed by atoms with Crippen LogP contribution in [0.1, 0.15) is 16.7 Å². The molecule has 5 aromatic rings. The van der Waals surface area contributed by atoms with Gasteiger partial charge in [0.1, 0.15) is 30.3 Å². The second kappa shape index (κ2) is 12.2. The molecular formula is C35H25ClN2O5. The van der Waals surface area contributed by atoms with Crippen molar-refractivity contribution in [3.8, 4) is 11.5 Å². The number of halogens is 1. The van der Waals surface area contributed by atoms with E-state index < -0.39 is 17.8 Å². The van der Waals surface area contributed by atoms with Gasteiger partial charge in [-0.2, -0.15) is 0 Å². The normalized spacial score (nSPS) is 14.2. The smallest absolute Gasteiger partial charge is 0.335 e. The minimum Gasteiger partial charge on any atom is -0.489 e. The van der Waals surface area contributed by atoms with Crippen molar-refractivity contribution in [2.45, 2.75) is 13.2 Å². The van der Waals surface area contributed by atoms with E-state index in [1.807, 2.05) is 60.7 Å². The third kappa shape index (κ3) is 6.12. The van der Waals surface area contributed by atoms with E-state index in [2.05, 4.69) is 5.32 Å². The molecule has 1 heterocycles. The number of benzene rings is 5.